The van der Waals surface area contributed by atoms with Gasteiger partial charge in [-0.15, -0.1) is 0 Å². The Morgan fingerprint density at radius 3 is 2.07 bits per heavy atom. The van der Waals surface area contributed by atoms with E-state index in [-0.39, 0.29) is 11.8 Å². The summed E-state index contributed by atoms with van der Waals surface area (Å²) in [6.45, 7) is 9.82. The van der Waals surface area contributed by atoms with Gasteiger partial charge in [0.05, 0.1) is 6.57 Å². The molecular formula is C25H14N2O2. The highest BCUT2D eigenvalue weighted by Crippen LogP contribution is 2.48. The Labute approximate surface area is 166 Å². The molecule has 29 heavy (non-hydrogen) atoms. The molecule has 1 aliphatic rings. The first kappa shape index (κ1) is 16.0. The highest BCUT2D eigenvalue weighted by molar-refractivity contribution is 6.40. The maximum atomic E-state index is 12.9. The SMILES string of the molecule is [C-]#[N+]c1cc2c3c(cc(C)c4c5cccc6cccc(c1c34)c65)C(=O)N(C)C2=O. The third kappa shape index (κ3) is 1.73. The molecule has 0 spiro atoms. The first-order chi connectivity index (χ1) is 14.0. The van der Waals surface area contributed by atoms with E-state index in [1.165, 1.54) is 7.05 Å². The van der Waals surface area contributed by atoms with Gasteiger partial charge in [-0.1, -0.05) is 36.4 Å². The summed E-state index contributed by atoms with van der Waals surface area (Å²) in [6, 6.07) is 15.8. The lowest BCUT2D eigenvalue weighted by atomic mass is 9.82. The summed E-state index contributed by atoms with van der Waals surface area (Å²) in [5, 5.41) is 7.66. The summed E-state index contributed by atoms with van der Waals surface area (Å²) in [6.07, 6.45) is 0. The van der Waals surface area contributed by atoms with Crippen molar-refractivity contribution in [2.24, 2.45) is 0 Å². The molecule has 0 saturated carbocycles. The normalized spacial score (nSPS) is 13.9. The Morgan fingerprint density at radius 1 is 0.793 bits per heavy atom. The summed E-state index contributed by atoms with van der Waals surface area (Å²) >= 11 is 0. The van der Waals surface area contributed by atoms with Crippen LogP contribution in [0.1, 0.15) is 26.3 Å². The van der Waals surface area contributed by atoms with Crippen LogP contribution in [0.5, 0.6) is 0 Å². The second-order valence-corrected chi connectivity index (χ2v) is 7.67. The van der Waals surface area contributed by atoms with Crippen molar-refractivity contribution in [2.75, 3.05) is 7.05 Å². The largest absolute Gasteiger partial charge is 0.278 e. The van der Waals surface area contributed by atoms with E-state index in [1.54, 1.807) is 6.07 Å². The van der Waals surface area contributed by atoms with Crippen molar-refractivity contribution in [3.63, 3.8) is 0 Å². The van der Waals surface area contributed by atoms with Crippen LogP contribution in [0.15, 0.2) is 48.5 Å². The highest BCUT2D eigenvalue weighted by Gasteiger charge is 2.33. The number of amides is 2. The van der Waals surface area contributed by atoms with E-state index >= 15 is 0 Å². The number of fused-ring (bicyclic) bond motifs is 2. The van der Waals surface area contributed by atoms with Gasteiger partial charge in [-0.25, -0.2) is 4.85 Å². The monoisotopic (exact) mass is 374 g/mol. The minimum atomic E-state index is -0.356. The maximum absolute atomic E-state index is 12.9. The second-order valence-electron chi connectivity index (χ2n) is 7.67. The fourth-order valence-electron chi connectivity index (χ4n) is 5.01. The zero-order chi connectivity index (χ0) is 20.0. The van der Waals surface area contributed by atoms with Gasteiger partial charge in [0.15, 0.2) is 5.69 Å². The number of hydrogen-bond acceptors (Lipinski definition) is 2. The Kier molecular flexibility index (Phi) is 2.81. The first-order valence-corrected chi connectivity index (χ1v) is 9.39. The number of aryl methyl sites for hydroxylation is 1. The average molecular weight is 374 g/mol. The fourth-order valence-corrected chi connectivity index (χ4v) is 5.01. The quantitative estimate of drug-likeness (QED) is 0.148. The molecule has 0 N–H and O–H groups in total. The van der Waals surface area contributed by atoms with E-state index in [9.17, 15) is 9.59 Å². The van der Waals surface area contributed by atoms with Crippen LogP contribution in [0.2, 0.25) is 0 Å². The number of rotatable bonds is 0. The van der Waals surface area contributed by atoms with Crippen molar-refractivity contribution in [3.05, 3.63) is 76.6 Å². The molecule has 2 amide bonds. The molecule has 5 aromatic carbocycles. The van der Waals surface area contributed by atoms with Gasteiger partial charge in [0, 0.05) is 23.6 Å². The van der Waals surface area contributed by atoms with Gasteiger partial charge in [0.2, 0.25) is 0 Å². The van der Waals surface area contributed by atoms with Crippen LogP contribution in [0.4, 0.5) is 5.69 Å². The summed E-state index contributed by atoms with van der Waals surface area (Å²) in [4.78, 5) is 30.8. The van der Waals surface area contributed by atoms with Crippen molar-refractivity contribution in [1.29, 1.82) is 0 Å². The molecule has 4 heteroatoms. The topological polar surface area (TPSA) is 41.7 Å². The highest BCUT2D eigenvalue weighted by atomic mass is 16.2. The molecule has 1 heterocycles. The Balaban J connectivity index is 2.08. The maximum Gasteiger partial charge on any atom is 0.261 e. The Hall–Kier alpha value is -3.97. The summed E-state index contributed by atoms with van der Waals surface area (Å²) in [7, 11) is 1.50. The molecule has 0 fully saturated rings. The minimum Gasteiger partial charge on any atom is -0.278 e. The molecule has 0 aromatic heterocycles. The zero-order valence-corrected chi connectivity index (χ0v) is 15.8. The van der Waals surface area contributed by atoms with Gasteiger partial charge in [0.25, 0.3) is 11.8 Å². The molecule has 0 radical (unpaired) electrons. The Morgan fingerprint density at radius 2 is 1.41 bits per heavy atom. The van der Waals surface area contributed by atoms with E-state index in [0.29, 0.717) is 22.2 Å². The average Bonchev–Trinajstić information content (AvgIpc) is 2.74. The standard InChI is InChI=1S/C25H14N2O2/c1-12-10-16-21-17(25(29)27(3)24(16)28)11-18(26-2)22-15-9-5-7-13-6-4-8-14(20(13)15)19(12)23(21)22/h4-11H,1,3H3. The number of hydrogen-bond donors (Lipinski definition) is 0. The minimum absolute atomic E-state index is 0.296. The van der Waals surface area contributed by atoms with E-state index in [4.69, 9.17) is 6.57 Å². The number of carbonyl (C=O) groups excluding carboxylic acids is 2. The lowest BCUT2D eigenvalue weighted by Crippen LogP contribution is -2.37. The van der Waals surface area contributed by atoms with Gasteiger partial charge in [-0.2, -0.15) is 0 Å². The zero-order valence-electron chi connectivity index (χ0n) is 15.8. The van der Waals surface area contributed by atoms with Gasteiger partial charge in [0.1, 0.15) is 0 Å². The van der Waals surface area contributed by atoms with Crippen LogP contribution >= 0.6 is 0 Å². The molecule has 0 saturated heterocycles. The van der Waals surface area contributed by atoms with Gasteiger partial charge in [-0.05, 0) is 62.3 Å². The molecule has 136 valence electrons. The molecule has 6 rings (SSSR count). The van der Waals surface area contributed by atoms with Crippen molar-refractivity contribution in [3.8, 4) is 0 Å². The van der Waals surface area contributed by atoms with Gasteiger partial charge < -0.3 is 0 Å². The van der Waals surface area contributed by atoms with Crippen LogP contribution in [0.3, 0.4) is 0 Å². The molecule has 5 aromatic rings. The van der Waals surface area contributed by atoms with E-state index in [1.807, 2.05) is 31.2 Å². The van der Waals surface area contributed by atoms with Crippen molar-refractivity contribution in [2.45, 2.75) is 6.92 Å². The van der Waals surface area contributed by atoms with Crippen molar-refractivity contribution in [1.82, 2.24) is 4.90 Å². The molecule has 0 atom stereocenters. The van der Waals surface area contributed by atoms with Crippen LogP contribution in [-0.4, -0.2) is 23.8 Å². The second kappa shape index (κ2) is 5.09. The lowest BCUT2D eigenvalue weighted by molar-refractivity contribution is 0.0651. The van der Waals surface area contributed by atoms with Crippen LogP contribution in [-0.2, 0) is 0 Å². The van der Waals surface area contributed by atoms with E-state index < -0.39 is 0 Å². The number of carbonyl (C=O) groups is 2. The molecule has 0 aliphatic carbocycles. The summed E-state index contributed by atoms with van der Waals surface area (Å²) < 4.78 is 0. The van der Waals surface area contributed by atoms with E-state index in [0.717, 1.165) is 48.2 Å². The predicted molar refractivity (Wildman–Crippen MR) is 115 cm³/mol. The van der Waals surface area contributed by atoms with Crippen LogP contribution in [0.25, 0.3) is 47.9 Å². The molecule has 0 unspecified atom stereocenters. The van der Waals surface area contributed by atoms with Gasteiger partial charge >= 0.3 is 0 Å². The molecule has 0 bridgehead atoms. The number of imide groups is 1. The molecule has 4 nitrogen and oxygen atoms in total. The van der Waals surface area contributed by atoms with E-state index in [2.05, 4.69) is 23.0 Å². The number of nitrogens with zero attached hydrogens (tertiary/aromatic N) is 2. The first-order valence-electron chi connectivity index (χ1n) is 9.39. The molecular weight excluding hydrogens is 360 g/mol. The van der Waals surface area contributed by atoms with Crippen molar-refractivity contribution >= 4 is 60.6 Å². The van der Waals surface area contributed by atoms with Gasteiger partial charge in [-0.3, -0.25) is 14.5 Å². The molecule has 1 aliphatic heterocycles. The van der Waals surface area contributed by atoms with Crippen molar-refractivity contribution < 1.29 is 9.59 Å². The summed E-state index contributed by atoms with van der Waals surface area (Å²) in [5.74, 6) is -0.651. The number of benzene rings is 5. The van der Waals surface area contributed by atoms with Crippen LogP contribution < -0.4 is 0 Å². The lowest BCUT2D eigenvalue weighted by Gasteiger charge is -2.27. The third-order valence-corrected chi connectivity index (χ3v) is 6.21. The smallest absolute Gasteiger partial charge is 0.261 e. The summed E-state index contributed by atoms with van der Waals surface area (Å²) in [5.41, 5.74) is 2.38. The van der Waals surface area contributed by atoms with Crippen LogP contribution in [0, 0.1) is 13.5 Å². The fraction of sp³-hybridized carbons (Fsp3) is 0.0800. The third-order valence-electron chi connectivity index (χ3n) is 6.21. The predicted octanol–water partition coefficient (Wildman–Crippen LogP) is 5.82. The Bertz CT molecular complexity index is 1620.